The Morgan fingerprint density at radius 1 is 1.33 bits per heavy atom. The Labute approximate surface area is 124 Å². The lowest BCUT2D eigenvalue weighted by Gasteiger charge is -2.35. The molecule has 0 radical (unpaired) electrons. The zero-order valence-corrected chi connectivity index (χ0v) is 12.2. The van der Waals surface area contributed by atoms with Crippen LogP contribution in [0.1, 0.15) is 0 Å². The molecule has 6 nitrogen and oxygen atoms in total. The van der Waals surface area contributed by atoms with E-state index in [1.807, 2.05) is 0 Å². The molecule has 21 heavy (non-hydrogen) atoms. The first-order valence-electron chi connectivity index (χ1n) is 6.60. The number of carbonyl (C=O) groups is 1. The van der Waals surface area contributed by atoms with Gasteiger partial charge in [0.1, 0.15) is 18.0 Å². The summed E-state index contributed by atoms with van der Waals surface area (Å²) in [5, 5.41) is 0.714. The summed E-state index contributed by atoms with van der Waals surface area (Å²) < 4.78 is 16.2. The summed E-state index contributed by atoms with van der Waals surface area (Å²) >= 11 is -0.561. The summed E-state index contributed by atoms with van der Waals surface area (Å²) in [6.07, 6.45) is 1.49. The largest absolute Gasteiger partial charge is 0.354 e. The van der Waals surface area contributed by atoms with E-state index in [0.29, 0.717) is 5.39 Å². The van der Waals surface area contributed by atoms with Crippen molar-refractivity contribution < 1.29 is 9.18 Å². The summed E-state index contributed by atoms with van der Waals surface area (Å²) in [6, 6.07) is 4.04. The number of halogens is 1. The maximum atomic E-state index is 13.5. The van der Waals surface area contributed by atoms with Gasteiger partial charge in [0.25, 0.3) is 0 Å². The number of hydrogen-bond donors (Lipinski definition) is 3. The number of amides is 2. The lowest BCUT2D eigenvalue weighted by molar-refractivity contribution is 0.254. The van der Waals surface area contributed by atoms with E-state index in [1.165, 1.54) is 18.5 Å². The number of thiol groups is 1. The highest BCUT2D eigenvalue weighted by molar-refractivity contribution is 8.15. The van der Waals surface area contributed by atoms with Gasteiger partial charge >= 0.3 is 6.03 Å². The summed E-state index contributed by atoms with van der Waals surface area (Å²) in [6.45, 7) is 1.52. The number of anilines is 1. The van der Waals surface area contributed by atoms with Crippen molar-refractivity contribution in [1.82, 2.24) is 14.7 Å². The van der Waals surface area contributed by atoms with E-state index in [0.717, 1.165) is 35.9 Å². The van der Waals surface area contributed by atoms with Crippen molar-refractivity contribution in [2.45, 2.75) is 0 Å². The number of nitrogens with zero attached hydrogens (tertiary/aromatic N) is 3. The van der Waals surface area contributed by atoms with Crippen LogP contribution < -0.4 is 15.4 Å². The highest BCUT2D eigenvalue weighted by Gasteiger charge is 2.20. The van der Waals surface area contributed by atoms with E-state index in [9.17, 15) is 9.18 Å². The first kappa shape index (κ1) is 13.9. The summed E-state index contributed by atoms with van der Waals surface area (Å²) in [4.78, 5) is 21.4. The Balaban J connectivity index is 1.82. The molecule has 112 valence electrons. The molecule has 0 aliphatic carbocycles. The average Bonchev–Trinajstić information content (AvgIpc) is 2.47. The molecular weight excluding hydrogens is 293 g/mol. The van der Waals surface area contributed by atoms with Crippen LogP contribution in [0.4, 0.5) is 15.0 Å². The second-order valence-electron chi connectivity index (χ2n) is 4.81. The third-order valence-electron chi connectivity index (χ3n) is 3.42. The number of rotatable bonds is 2. The van der Waals surface area contributed by atoms with Crippen molar-refractivity contribution in [3.63, 3.8) is 0 Å². The van der Waals surface area contributed by atoms with Gasteiger partial charge in [-0.3, -0.25) is 0 Å². The van der Waals surface area contributed by atoms with Crippen LogP contribution in [0.2, 0.25) is 0 Å². The molecule has 1 aromatic carbocycles. The van der Waals surface area contributed by atoms with Crippen LogP contribution in [0.25, 0.3) is 10.9 Å². The smallest absolute Gasteiger partial charge is 0.320 e. The molecule has 0 saturated carbocycles. The number of benzene rings is 1. The molecule has 2 heterocycles. The molecular formula is C13H16FN5OS. The predicted molar refractivity (Wildman–Crippen MR) is 83.1 cm³/mol. The van der Waals surface area contributed by atoms with Gasteiger partial charge in [-0.1, -0.05) is 0 Å². The fourth-order valence-corrected chi connectivity index (χ4v) is 4.18. The standard InChI is InChI=1S/C13H16FN5OS/c14-9-1-2-11-10(7-9)12(17-8-16-11)19-3-5-21(6-4-19)18-13(15)20/h1-2,7-8,21H,3-6H2,(H3,15,18,20). The fourth-order valence-electron chi connectivity index (χ4n) is 2.45. The molecule has 3 rings (SSSR count). The number of urea groups is 1. The Kier molecular flexibility index (Phi) is 3.78. The molecule has 2 aromatic rings. The Morgan fingerprint density at radius 2 is 2.10 bits per heavy atom. The molecule has 8 heteroatoms. The van der Waals surface area contributed by atoms with E-state index in [-0.39, 0.29) is 5.82 Å². The fraction of sp³-hybridized carbons (Fsp3) is 0.308. The van der Waals surface area contributed by atoms with Crippen LogP contribution in [0.5, 0.6) is 0 Å². The number of aromatic nitrogens is 2. The van der Waals surface area contributed by atoms with Crippen LogP contribution in [0, 0.1) is 5.82 Å². The van der Waals surface area contributed by atoms with Crippen molar-refractivity contribution in [3.8, 4) is 0 Å². The van der Waals surface area contributed by atoms with E-state index < -0.39 is 17.1 Å². The molecule has 1 saturated heterocycles. The monoisotopic (exact) mass is 309 g/mol. The van der Waals surface area contributed by atoms with Crippen molar-refractivity contribution in [3.05, 3.63) is 30.3 Å². The van der Waals surface area contributed by atoms with Crippen molar-refractivity contribution >= 4 is 33.8 Å². The van der Waals surface area contributed by atoms with Gasteiger partial charge in [-0.05, 0) is 18.2 Å². The van der Waals surface area contributed by atoms with Crippen LogP contribution in [-0.4, -0.2) is 40.6 Å². The van der Waals surface area contributed by atoms with Crippen molar-refractivity contribution in [1.29, 1.82) is 0 Å². The lowest BCUT2D eigenvalue weighted by Crippen LogP contribution is -2.40. The van der Waals surface area contributed by atoms with Crippen LogP contribution in [0.3, 0.4) is 0 Å². The SMILES string of the molecule is NC(=O)N[SH]1CCN(c2ncnc3ccc(F)cc23)CC1. The maximum Gasteiger partial charge on any atom is 0.320 e. The second kappa shape index (κ2) is 5.72. The predicted octanol–water partition coefficient (Wildman–Crippen LogP) is 1.17. The molecule has 3 N–H and O–H groups in total. The number of hydrogen-bond acceptors (Lipinski definition) is 4. The molecule has 2 amide bonds. The first-order chi connectivity index (χ1) is 10.1. The van der Waals surface area contributed by atoms with Gasteiger partial charge in [-0.15, -0.1) is 0 Å². The Hall–Kier alpha value is -2.09. The highest BCUT2D eigenvalue weighted by atomic mass is 32.2. The molecule has 1 aromatic heterocycles. The number of fused-ring (bicyclic) bond motifs is 1. The maximum absolute atomic E-state index is 13.5. The van der Waals surface area contributed by atoms with Gasteiger partial charge in [-0.25, -0.2) is 19.2 Å². The second-order valence-corrected chi connectivity index (χ2v) is 7.01. The molecule has 1 aliphatic heterocycles. The molecule has 0 unspecified atom stereocenters. The average molecular weight is 309 g/mol. The van der Waals surface area contributed by atoms with Gasteiger partial charge in [0.05, 0.1) is 5.52 Å². The van der Waals surface area contributed by atoms with Gasteiger partial charge in [0.15, 0.2) is 0 Å². The minimum Gasteiger partial charge on any atom is -0.354 e. The Morgan fingerprint density at radius 3 is 2.81 bits per heavy atom. The lowest BCUT2D eigenvalue weighted by atomic mass is 10.2. The van der Waals surface area contributed by atoms with Crippen LogP contribution in [0.15, 0.2) is 24.5 Å². The highest BCUT2D eigenvalue weighted by Crippen LogP contribution is 2.29. The number of primary amides is 1. The summed E-state index contributed by atoms with van der Waals surface area (Å²) in [7, 11) is 0. The quantitative estimate of drug-likeness (QED) is 0.727. The molecule has 0 spiro atoms. The zero-order valence-electron chi connectivity index (χ0n) is 11.3. The molecule has 1 aliphatic rings. The van der Waals surface area contributed by atoms with E-state index in [4.69, 9.17) is 5.73 Å². The topological polar surface area (TPSA) is 84.1 Å². The summed E-state index contributed by atoms with van der Waals surface area (Å²) in [5.41, 5.74) is 5.88. The van der Waals surface area contributed by atoms with E-state index >= 15 is 0 Å². The number of carbonyl (C=O) groups excluding carboxylic acids is 1. The number of nitrogens with two attached hydrogens (primary N) is 1. The van der Waals surface area contributed by atoms with E-state index in [1.54, 1.807) is 6.07 Å². The van der Waals surface area contributed by atoms with Crippen molar-refractivity contribution in [2.75, 3.05) is 29.5 Å². The van der Waals surface area contributed by atoms with Gasteiger partial charge in [0, 0.05) is 30.0 Å². The number of nitrogens with one attached hydrogen (secondary N) is 1. The minimum atomic E-state index is -0.561. The minimum absolute atomic E-state index is 0.298. The van der Waals surface area contributed by atoms with Gasteiger partial charge in [0.2, 0.25) is 0 Å². The van der Waals surface area contributed by atoms with Gasteiger partial charge < -0.3 is 15.4 Å². The summed E-state index contributed by atoms with van der Waals surface area (Å²) in [5.74, 6) is 2.14. The molecule has 1 fully saturated rings. The normalized spacial score (nSPS) is 17.0. The third kappa shape index (κ3) is 2.99. The van der Waals surface area contributed by atoms with E-state index in [2.05, 4.69) is 19.6 Å². The van der Waals surface area contributed by atoms with Gasteiger partial charge in [-0.2, -0.15) is 11.1 Å². The first-order valence-corrected chi connectivity index (χ1v) is 8.31. The van der Waals surface area contributed by atoms with Crippen LogP contribution >= 0.6 is 11.1 Å². The zero-order chi connectivity index (χ0) is 14.8. The van der Waals surface area contributed by atoms with Crippen molar-refractivity contribution in [2.24, 2.45) is 5.73 Å². The Bertz CT molecular complexity index is 675. The third-order valence-corrected chi connectivity index (χ3v) is 5.44. The molecule has 0 atom stereocenters. The molecule has 0 bridgehead atoms. The van der Waals surface area contributed by atoms with Crippen LogP contribution in [-0.2, 0) is 0 Å².